The second kappa shape index (κ2) is 6.80. The summed E-state index contributed by atoms with van der Waals surface area (Å²) < 4.78 is 13.7. The molecule has 2 heterocycles. The Kier molecular flexibility index (Phi) is 5.35. The van der Waals surface area contributed by atoms with Crippen LogP contribution >= 0.6 is 0 Å². The summed E-state index contributed by atoms with van der Waals surface area (Å²) in [6.45, 7) is 1.29. The molecule has 94 valence electrons. The van der Waals surface area contributed by atoms with Crippen molar-refractivity contribution in [2.75, 3.05) is 20.3 Å². The predicted molar refractivity (Wildman–Crippen MR) is 62.9 cm³/mol. The second-order valence-corrected chi connectivity index (χ2v) is 3.36. The SMILES string of the molecule is CN.O=C(/C=C/CF)N1CCn2nccc2C1. The van der Waals surface area contributed by atoms with Crippen LogP contribution in [0.2, 0.25) is 0 Å². The Labute approximate surface area is 99.7 Å². The standard InChI is InChI=1S/C10H12FN3O.CH5N/c11-4-1-2-10(15)13-6-7-14-9(8-13)3-5-12-14;1-2/h1-3,5H,4,6-8H2;2H2,1H3/b2-1+;. The second-order valence-electron chi connectivity index (χ2n) is 3.36. The van der Waals surface area contributed by atoms with Crippen molar-refractivity contribution in [2.24, 2.45) is 5.73 Å². The summed E-state index contributed by atoms with van der Waals surface area (Å²) in [6, 6.07) is 1.89. The molecule has 6 heteroatoms. The molecule has 1 amide bonds. The van der Waals surface area contributed by atoms with Crippen LogP contribution in [0.4, 0.5) is 4.39 Å². The van der Waals surface area contributed by atoms with Gasteiger partial charge in [-0.2, -0.15) is 5.10 Å². The van der Waals surface area contributed by atoms with Crippen LogP contribution in [0.3, 0.4) is 0 Å². The van der Waals surface area contributed by atoms with E-state index in [9.17, 15) is 9.18 Å². The van der Waals surface area contributed by atoms with Gasteiger partial charge in [-0.1, -0.05) is 0 Å². The number of carbonyl (C=O) groups is 1. The van der Waals surface area contributed by atoms with Crippen molar-refractivity contribution < 1.29 is 9.18 Å². The fourth-order valence-corrected chi connectivity index (χ4v) is 1.62. The molecule has 1 aromatic rings. The Balaban J connectivity index is 0.000000686. The Morgan fingerprint density at radius 3 is 3.06 bits per heavy atom. The normalized spacial score (nSPS) is 14.2. The number of fused-ring (bicyclic) bond motifs is 1. The first-order chi connectivity index (χ1) is 8.31. The van der Waals surface area contributed by atoms with Gasteiger partial charge >= 0.3 is 0 Å². The van der Waals surface area contributed by atoms with E-state index in [1.165, 1.54) is 19.2 Å². The Morgan fingerprint density at radius 2 is 2.35 bits per heavy atom. The van der Waals surface area contributed by atoms with E-state index in [2.05, 4.69) is 10.8 Å². The van der Waals surface area contributed by atoms with Gasteiger partial charge in [-0.3, -0.25) is 9.48 Å². The fraction of sp³-hybridized carbons (Fsp3) is 0.455. The summed E-state index contributed by atoms with van der Waals surface area (Å²) >= 11 is 0. The van der Waals surface area contributed by atoms with Gasteiger partial charge in [0.15, 0.2) is 0 Å². The quantitative estimate of drug-likeness (QED) is 0.757. The monoisotopic (exact) mass is 240 g/mol. The highest BCUT2D eigenvalue weighted by Crippen LogP contribution is 2.11. The highest BCUT2D eigenvalue weighted by molar-refractivity contribution is 5.87. The maximum absolute atomic E-state index is 11.8. The van der Waals surface area contributed by atoms with Crippen LogP contribution < -0.4 is 5.73 Å². The first-order valence-corrected chi connectivity index (χ1v) is 5.41. The number of rotatable bonds is 2. The molecule has 2 rings (SSSR count). The third kappa shape index (κ3) is 3.39. The van der Waals surface area contributed by atoms with Crippen molar-refractivity contribution in [1.82, 2.24) is 14.7 Å². The molecule has 0 fully saturated rings. The minimum absolute atomic E-state index is 0.139. The predicted octanol–water partition coefficient (Wildman–Crippen LogP) is 0.326. The first kappa shape index (κ1) is 13.4. The van der Waals surface area contributed by atoms with Gasteiger partial charge in [-0.25, -0.2) is 4.39 Å². The van der Waals surface area contributed by atoms with E-state index in [1.54, 1.807) is 11.1 Å². The summed E-state index contributed by atoms with van der Waals surface area (Å²) in [5, 5.41) is 4.11. The Hall–Kier alpha value is -1.69. The lowest BCUT2D eigenvalue weighted by atomic mass is 10.3. The van der Waals surface area contributed by atoms with Gasteiger partial charge < -0.3 is 10.6 Å². The summed E-state index contributed by atoms with van der Waals surface area (Å²) in [5.41, 5.74) is 5.52. The molecule has 0 spiro atoms. The zero-order valence-corrected chi connectivity index (χ0v) is 9.84. The zero-order valence-electron chi connectivity index (χ0n) is 9.84. The number of aromatic nitrogens is 2. The molecular formula is C11H17FN4O. The third-order valence-corrected chi connectivity index (χ3v) is 2.40. The van der Waals surface area contributed by atoms with Crippen molar-refractivity contribution in [2.45, 2.75) is 13.1 Å². The summed E-state index contributed by atoms with van der Waals surface area (Å²) in [7, 11) is 1.50. The molecule has 2 N–H and O–H groups in total. The smallest absolute Gasteiger partial charge is 0.246 e. The topological polar surface area (TPSA) is 64.2 Å². The van der Waals surface area contributed by atoms with Crippen LogP contribution in [0, 0.1) is 0 Å². The average Bonchev–Trinajstić information content (AvgIpc) is 2.85. The molecule has 0 unspecified atom stereocenters. The molecule has 0 saturated carbocycles. The van der Waals surface area contributed by atoms with Crippen molar-refractivity contribution in [3.05, 3.63) is 30.1 Å². The van der Waals surface area contributed by atoms with E-state index in [0.29, 0.717) is 19.6 Å². The van der Waals surface area contributed by atoms with Crippen molar-refractivity contribution in [1.29, 1.82) is 0 Å². The van der Waals surface area contributed by atoms with Gasteiger partial charge in [-0.05, 0) is 19.2 Å². The number of halogens is 1. The van der Waals surface area contributed by atoms with Crippen LogP contribution in [-0.4, -0.2) is 40.9 Å². The molecule has 1 aliphatic rings. The number of alkyl halides is 1. The number of allylic oxidation sites excluding steroid dienone is 1. The molecule has 0 aromatic carbocycles. The summed E-state index contributed by atoms with van der Waals surface area (Å²) in [6.07, 6.45) is 4.24. The highest BCUT2D eigenvalue weighted by Gasteiger charge is 2.18. The van der Waals surface area contributed by atoms with Crippen molar-refractivity contribution in [3.8, 4) is 0 Å². The number of hydrogen-bond donors (Lipinski definition) is 1. The number of amides is 1. The molecule has 1 aromatic heterocycles. The van der Waals surface area contributed by atoms with E-state index < -0.39 is 6.67 Å². The Morgan fingerprint density at radius 1 is 1.59 bits per heavy atom. The molecule has 0 bridgehead atoms. The highest BCUT2D eigenvalue weighted by atomic mass is 19.1. The molecule has 0 saturated heterocycles. The van der Waals surface area contributed by atoms with Crippen LogP contribution in [-0.2, 0) is 17.9 Å². The van der Waals surface area contributed by atoms with E-state index in [1.807, 2.05) is 10.7 Å². The zero-order chi connectivity index (χ0) is 12.7. The summed E-state index contributed by atoms with van der Waals surface area (Å²) in [5.74, 6) is -0.139. The van der Waals surface area contributed by atoms with Crippen LogP contribution in [0.25, 0.3) is 0 Å². The number of carbonyl (C=O) groups excluding carboxylic acids is 1. The molecule has 17 heavy (non-hydrogen) atoms. The van der Waals surface area contributed by atoms with Crippen molar-refractivity contribution >= 4 is 5.91 Å². The van der Waals surface area contributed by atoms with E-state index in [4.69, 9.17) is 0 Å². The molecule has 5 nitrogen and oxygen atoms in total. The van der Waals surface area contributed by atoms with Crippen LogP contribution in [0.5, 0.6) is 0 Å². The average molecular weight is 240 g/mol. The molecule has 0 aliphatic carbocycles. The minimum atomic E-state index is -0.600. The van der Waals surface area contributed by atoms with Gasteiger partial charge in [0, 0.05) is 18.8 Å². The third-order valence-electron chi connectivity index (χ3n) is 2.40. The minimum Gasteiger partial charge on any atom is -0.333 e. The molecule has 0 radical (unpaired) electrons. The number of nitrogens with zero attached hydrogens (tertiary/aromatic N) is 3. The fourth-order valence-electron chi connectivity index (χ4n) is 1.62. The molecule has 1 aliphatic heterocycles. The number of hydrogen-bond acceptors (Lipinski definition) is 3. The van der Waals surface area contributed by atoms with Crippen LogP contribution in [0.15, 0.2) is 24.4 Å². The lowest BCUT2D eigenvalue weighted by Crippen LogP contribution is -2.37. The van der Waals surface area contributed by atoms with E-state index in [-0.39, 0.29) is 5.91 Å². The van der Waals surface area contributed by atoms with E-state index in [0.717, 1.165) is 5.69 Å². The molecule has 0 atom stereocenters. The largest absolute Gasteiger partial charge is 0.333 e. The van der Waals surface area contributed by atoms with Crippen molar-refractivity contribution in [3.63, 3.8) is 0 Å². The van der Waals surface area contributed by atoms with Gasteiger partial charge in [0.05, 0.1) is 18.8 Å². The summed E-state index contributed by atoms with van der Waals surface area (Å²) in [4.78, 5) is 13.2. The molecular weight excluding hydrogens is 223 g/mol. The van der Waals surface area contributed by atoms with Gasteiger partial charge in [-0.15, -0.1) is 0 Å². The first-order valence-electron chi connectivity index (χ1n) is 5.41. The Bertz CT molecular complexity index is 389. The lowest BCUT2D eigenvalue weighted by molar-refractivity contribution is -0.127. The van der Waals surface area contributed by atoms with Gasteiger partial charge in [0.25, 0.3) is 0 Å². The van der Waals surface area contributed by atoms with Gasteiger partial charge in [0.1, 0.15) is 6.67 Å². The maximum atomic E-state index is 11.8. The lowest BCUT2D eigenvalue weighted by Gasteiger charge is -2.26. The number of nitrogens with two attached hydrogens (primary N) is 1. The maximum Gasteiger partial charge on any atom is 0.246 e. The van der Waals surface area contributed by atoms with Gasteiger partial charge in [0.2, 0.25) is 5.91 Å². The van der Waals surface area contributed by atoms with Crippen LogP contribution in [0.1, 0.15) is 5.69 Å². The van der Waals surface area contributed by atoms with E-state index >= 15 is 0 Å².